The second-order valence-electron chi connectivity index (χ2n) is 8.85. The molecule has 4 aromatic rings. The van der Waals surface area contributed by atoms with Crippen LogP contribution in [0.5, 0.6) is 11.5 Å². The van der Waals surface area contributed by atoms with Crippen molar-refractivity contribution in [3.05, 3.63) is 83.9 Å². The number of pyridine rings is 1. The molecule has 1 amide bonds. The number of nitrogen functional groups attached to an aromatic ring is 1. The molecule has 0 spiro atoms. The van der Waals surface area contributed by atoms with Crippen molar-refractivity contribution in [1.82, 2.24) is 15.0 Å². The van der Waals surface area contributed by atoms with E-state index in [0.29, 0.717) is 17.8 Å². The number of nitrogens with one attached hydrogen (secondary N) is 2. The predicted octanol–water partition coefficient (Wildman–Crippen LogP) is 5.65. The Bertz CT molecular complexity index is 1510. The van der Waals surface area contributed by atoms with Crippen LogP contribution in [-0.4, -0.2) is 33.9 Å². The van der Waals surface area contributed by atoms with Crippen LogP contribution in [0.4, 0.5) is 42.1 Å². The molecule has 1 aliphatic heterocycles. The third kappa shape index (κ3) is 6.17. The quantitative estimate of drug-likeness (QED) is 0.278. The SMILES string of the molecule is Nc1cc(Oc2ccc(Nc3nc(N4CCCCC4)ncc3C(=O)Nc3ccc(F)cc3F)cc2F)ccn1. The van der Waals surface area contributed by atoms with Crippen LogP contribution in [0.3, 0.4) is 0 Å². The predicted molar refractivity (Wildman–Crippen MR) is 141 cm³/mol. The van der Waals surface area contributed by atoms with Gasteiger partial charge in [0.15, 0.2) is 11.6 Å². The summed E-state index contributed by atoms with van der Waals surface area (Å²) in [6.07, 6.45) is 5.82. The van der Waals surface area contributed by atoms with E-state index in [1.807, 2.05) is 4.90 Å². The minimum absolute atomic E-state index is 0.0209. The van der Waals surface area contributed by atoms with Gasteiger partial charge in [0.05, 0.1) is 5.69 Å². The molecule has 0 saturated carbocycles. The van der Waals surface area contributed by atoms with Crippen molar-refractivity contribution < 1.29 is 22.7 Å². The summed E-state index contributed by atoms with van der Waals surface area (Å²) in [5.41, 5.74) is 5.69. The number of hydrogen-bond acceptors (Lipinski definition) is 8. The lowest BCUT2D eigenvalue weighted by atomic mass is 10.1. The zero-order valence-electron chi connectivity index (χ0n) is 20.6. The molecule has 0 unspecified atom stereocenters. The minimum Gasteiger partial charge on any atom is -0.454 e. The number of ether oxygens (including phenoxy) is 1. The lowest BCUT2D eigenvalue weighted by Gasteiger charge is -2.27. The van der Waals surface area contributed by atoms with Gasteiger partial charge in [0.1, 0.15) is 34.6 Å². The topological polar surface area (TPSA) is 118 Å². The number of anilines is 5. The molecule has 2 aromatic heterocycles. The van der Waals surface area contributed by atoms with E-state index in [2.05, 4.69) is 25.6 Å². The maximum Gasteiger partial charge on any atom is 0.261 e. The third-order valence-corrected chi connectivity index (χ3v) is 6.01. The fraction of sp³-hybridized carbons (Fsp3) is 0.185. The summed E-state index contributed by atoms with van der Waals surface area (Å²) in [6.45, 7) is 1.51. The number of nitrogens with two attached hydrogens (primary N) is 1. The number of carbonyl (C=O) groups excluding carboxylic acids is 1. The molecule has 2 aromatic carbocycles. The van der Waals surface area contributed by atoms with Crippen molar-refractivity contribution in [1.29, 1.82) is 0 Å². The van der Waals surface area contributed by atoms with Crippen molar-refractivity contribution in [2.75, 3.05) is 34.4 Å². The summed E-state index contributed by atoms with van der Waals surface area (Å²) in [5.74, 6) is -2.14. The monoisotopic (exact) mass is 535 g/mol. The van der Waals surface area contributed by atoms with E-state index >= 15 is 0 Å². The van der Waals surface area contributed by atoms with E-state index in [0.717, 1.165) is 44.5 Å². The third-order valence-electron chi connectivity index (χ3n) is 6.01. The van der Waals surface area contributed by atoms with E-state index in [4.69, 9.17) is 10.5 Å². The molecule has 12 heteroatoms. The van der Waals surface area contributed by atoms with Crippen LogP contribution in [0.1, 0.15) is 29.6 Å². The molecule has 1 saturated heterocycles. The zero-order valence-corrected chi connectivity index (χ0v) is 20.6. The maximum atomic E-state index is 14.9. The summed E-state index contributed by atoms with van der Waals surface area (Å²) < 4.78 is 48.0. The average Bonchev–Trinajstić information content (AvgIpc) is 2.92. The lowest BCUT2D eigenvalue weighted by Crippen LogP contribution is -2.31. The number of aromatic nitrogens is 3. The van der Waals surface area contributed by atoms with Gasteiger partial charge in [-0.1, -0.05) is 0 Å². The second kappa shape index (κ2) is 11.3. The highest BCUT2D eigenvalue weighted by Crippen LogP contribution is 2.30. The van der Waals surface area contributed by atoms with Gasteiger partial charge in [0.2, 0.25) is 5.95 Å². The number of hydrogen-bond donors (Lipinski definition) is 3. The molecule has 9 nitrogen and oxygen atoms in total. The van der Waals surface area contributed by atoms with Crippen molar-refractivity contribution in [2.45, 2.75) is 19.3 Å². The Labute approximate surface area is 221 Å². The van der Waals surface area contributed by atoms with Gasteiger partial charge in [-0.05, 0) is 49.6 Å². The van der Waals surface area contributed by atoms with Crippen molar-refractivity contribution in [3.63, 3.8) is 0 Å². The van der Waals surface area contributed by atoms with Crippen LogP contribution in [0, 0.1) is 17.5 Å². The average molecular weight is 536 g/mol. The van der Waals surface area contributed by atoms with Crippen LogP contribution in [-0.2, 0) is 0 Å². The smallest absolute Gasteiger partial charge is 0.261 e. The van der Waals surface area contributed by atoms with E-state index < -0.39 is 23.4 Å². The Morgan fingerprint density at radius 1 is 0.949 bits per heavy atom. The second-order valence-corrected chi connectivity index (χ2v) is 8.85. The van der Waals surface area contributed by atoms with Crippen molar-refractivity contribution in [3.8, 4) is 11.5 Å². The molecule has 0 bridgehead atoms. The van der Waals surface area contributed by atoms with Crippen LogP contribution < -0.4 is 26.0 Å². The highest BCUT2D eigenvalue weighted by molar-refractivity contribution is 6.07. The Kier molecular flexibility index (Phi) is 7.43. The molecule has 4 N–H and O–H groups in total. The van der Waals surface area contributed by atoms with E-state index in [-0.39, 0.29) is 34.3 Å². The molecular formula is C27H24F3N7O2. The zero-order chi connectivity index (χ0) is 27.4. The molecule has 0 atom stereocenters. The first-order valence-corrected chi connectivity index (χ1v) is 12.2. The number of amides is 1. The molecule has 0 radical (unpaired) electrons. The number of piperidine rings is 1. The van der Waals surface area contributed by atoms with Gasteiger partial charge in [-0.15, -0.1) is 0 Å². The van der Waals surface area contributed by atoms with Crippen LogP contribution >= 0.6 is 0 Å². The van der Waals surface area contributed by atoms with Gasteiger partial charge < -0.3 is 26.0 Å². The number of benzene rings is 2. The molecular weight excluding hydrogens is 511 g/mol. The van der Waals surface area contributed by atoms with Gasteiger partial charge in [-0.3, -0.25) is 4.79 Å². The number of rotatable bonds is 7. The number of halogens is 3. The minimum atomic E-state index is -0.933. The highest BCUT2D eigenvalue weighted by Gasteiger charge is 2.21. The Morgan fingerprint density at radius 2 is 1.77 bits per heavy atom. The summed E-state index contributed by atoms with van der Waals surface area (Å²) in [4.78, 5) is 27.8. The standard InChI is InChI=1S/C27H24F3N7O2/c28-16-4-6-22(20(29)12-16)35-26(38)19-15-33-27(37-10-2-1-3-11-37)36-25(19)34-17-5-7-23(21(30)13-17)39-18-8-9-32-24(31)14-18/h4-9,12-15H,1-3,10-11H2,(H2,31,32)(H,35,38)(H,33,34,36). The van der Waals surface area contributed by atoms with Crippen LogP contribution in [0.2, 0.25) is 0 Å². The van der Waals surface area contributed by atoms with E-state index in [1.165, 1.54) is 30.6 Å². The van der Waals surface area contributed by atoms with Crippen molar-refractivity contribution in [2.24, 2.45) is 0 Å². The Hall–Kier alpha value is -4.87. The largest absolute Gasteiger partial charge is 0.454 e. The molecule has 1 aliphatic rings. The normalized spacial score (nSPS) is 13.2. The van der Waals surface area contributed by atoms with Crippen molar-refractivity contribution >= 4 is 34.9 Å². The highest BCUT2D eigenvalue weighted by atomic mass is 19.1. The molecule has 5 rings (SSSR count). The van der Waals surface area contributed by atoms with Gasteiger partial charge in [0.25, 0.3) is 5.91 Å². The first kappa shape index (κ1) is 25.8. The van der Waals surface area contributed by atoms with E-state index in [1.54, 1.807) is 12.1 Å². The Balaban J connectivity index is 1.43. The van der Waals surface area contributed by atoms with Crippen LogP contribution in [0.25, 0.3) is 0 Å². The van der Waals surface area contributed by atoms with Crippen LogP contribution in [0.15, 0.2) is 60.9 Å². The fourth-order valence-electron chi connectivity index (χ4n) is 4.08. The first-order valence-electron chi connectivity index (χ1n) is 12.2. The summed E-state index contributed by atoms with van der Waals surface area (Å²) >= 11 is 0. The van der Waals surface area contributed by atoms with Gasteiger partial charge in [-0.2, -0.15) is 4.98 Å². The van der Waals surface area contributed by atoms with Gasteiger partial charge in [0, 0.05) is 49.4 Å². The van der Waals surface area contributed by atoms with Gasteiger partial charge >= 0.3 is 0 Å². The maximum absolute atomic E-state index is 14.9. The first-order chi connectivity index (χ1) is 18.9. The summed E-state index contributed by atoms with van der Waals surface area (Å²) in [7, 11) is 0. The Morgan fingerprint density at radius 3 is 2.51 bits per heavy atom. The number of nitrogens with zero attached hydrogens (tertiary/aromatic N) is 4. The summed E-state index contributed by atoms with van der Waals surface area (Å²) in [5, 5.41) is 5.37. The molecule has 0 aliphatic carbocycles. The van der Waals surface area contributed by atoms with E-state index in [9.17, 15) is 18.0 Å². The number of carbonyl (C=O) groups is 1. The molecule has 3 heterocycles. The fourth-order valence-corrected chi connectivity index (χ4v) is 4.08. The molecule has 1 fully saturated rings. The van der Waals surface area contributed by atoms with Gasteiger partial charge in [-0.25, -0.2) is 23.1 Å². The summed E-state index contributed by atoms with van der Waals surface area (Å²) in [6, 6.07) is 9.95. The lowest BCUT2D eigenvalue weighted by molar-refractivity contribution is 0.102. The molecule has 39 heavy (non-hydrogen) atoms. The molecule has 200 valence electrons.